The standard InChI is InChI=1S/C20H27N3O2/c1-16(18-8-6-10-21-14-18)20(24)23(12-11-22(2)3)15-17-7-5-9-19(13-17)25-4/h5-10,13-14,16H,11-12,15H2,1-4H3/t16-/m1/s1. The number of carbonyl (C=O) groups is 1. The molecule has 1 aromatic carbocycles. The van der Waals surface area contributed by atoms with E-state index in [9.17, 15) is 4.79 Å². The van der Waals surface area contributed by atoms with Gasteiger partial charge in [-0.3, -0.25) is 9.78 Å². The minimum atomic E-state index is -0.221. The van der Waals surface area contributed by atoms with Crippen LogP contribution in [0.1, 0.15) is 24.0 Å². The second-order valence-corrected chi connectivity index (χ2v) is 6.42. The maximum Gasteiger partial charge on any atom is 0.230 e. The summed E-state index contributed by atoms with van der Waals surface area (Å²) in [6, 6.07) is 11.7. The molecule has 5 nitrogen and oxygen atoms in total. The van der Waals surface area contributed by atoms with Gasteiger partial charge in [-0.1, -0.05) is 18.2 Å². The molecule has 2 rings (SSSR count). The van der Waals surface area contributed by atoms with Crippen molar-refractivity contribution in [2.75, 3.05) is 34.3 Å². The monoisotopic (exact) mass is 341 g/mol. The van der Waals surface area contributed by atoms with E-state index in [1.165, 1.54) is 0 Å². The summed E-state index contributed by atoms with van der Waals surface area (Å²) in [6.45, 7) is 3.99. The molecule has 1 atom stereocenters. The van der Waals surface area contributed by atoms with Crippen molar-refractivity contribution in [2.45, 2.75) is 19.4 Å². The third-order valence-corrected chi connectivity index (χ3v) is 4.19. The van der Waals surface area contributed by atoms with Crippen molar-refractivity contribution in [2.24, 2.45) is 0 Å². The van der Waals surface area contributed by atoms with Gasteiger partial charge in [-0.05, 0) is 50.3 Å². The second-order valence-electron chi connectivity index (χ2n) is 6.42. The molecule has 0 saturated carbocycles. The SMILES string of the molecule is COc1cccc(CN(CCN(C)C)C(=O)[C@H](C)c2cccnc2)c1. The molecular weight excluding hydrogens is 314 g/mol. The number of amides is 1. The van der Waals surface area contributed by atoms with Crippen LogP contribution in [0.3, 0.4) is 0 Å². The predicted octanol–water partition coefficient (Wildman–Crippen LogP) is 2.78. The lowest BCUT2D eigenvalue weighted by Gasteiger charge is -2.27. The summed E-state index contributed by atoms with van der Waals surface area (Å²) >= 11 is 0. The van der Waals surface area contributed by atoms with Gasteiger partial charge in [-0.15, -0.1) is 0 Å². The van der Waals surface area contributed by atoms with Gasteiger partial charge in [-0.25, -0.2) is 0 Å². The van der Waals surface area contributed by atoms with Crippen molar-refractivity contribution in [1.82, 2.24) is 14.8 Å². The fraction of sp³-hybridized carbons (Fsp3) is 0.400. The molecule has 25 heavy (non-hydrogen) atoms. The highest BCUT2D eigenvalue weighted by molar-refractivity contribution is 5.83. The Balaban J connectivity index is 2.17. The Bertz CT molecular complexity index is 674. The van der Waals surface area contributed by atoms with Crippen molar-refractivity contribution in [3.63, 3.8) is 0 Å². The van der Waals surface area contributed by atoms with Gasteiger partial charge in [0, 0.05) is 32.0 Å². The number of benzene rings is 1. The summed E-state index contributed by atoms with van der Waals surface area (Å²) in [5.41, 5.74) is 2.00. The fourth-order valence-corrected chi connectivity index (χ4v) is 2.63. The summed E-state index contributed by atoms with van der Waals surface area (Å²) in [5, 5.41) is 0. The van der Waals surface area contributed by atoms with Crippen LogP contribution in [0.15, 0.2) is 48.8 Å². The smallest absolute Gasteiger partial charge is 0.230 e. The number of hydrogen-bond donors (Lipinski definition) is 0. The molecule has 134 valence electrons. The van der Waals surface area contributed by atoms with E-state index in [4.69, 9.17) is 4.74 Å². The molecule has 0 unspecified atom stereocenters. The van der Waals surface area contributed by atoms with Gasteiger partial charge < -0.3 is 14.5 Å². The zero-order valence-corrected chi connectivity index (χ0v) is 15.5. The van der Waals surface area contributed by atoms with Crippen LogP contribution in [0.5, 0.6) is 5.75 Å². The van der Waals surface area contributed by atoms with E-state index < -0.39 is 0 Å². The van der Waals surface area contributed by atoms with E-state index >= 15 is 0 Å². The zero-order valence-electron chi connectivity index (χ0n) is 15.5. The third-order valence-electron chi connectivity index (χ3n) is 4.19. The number of carbonyl (C=O) groups excluding carboxylic acids is 1. The lowest BCUT2D eigenvalue weighted by molar-refractivity contribution is -0.133. The van der Waals surface area contributed by atoms with Crippen LogP contribution >= 0.6 is 0 Å². The molecule has 0 fully saturated rings. The van der Waals surface area contributed by atoms with E-state index in [1.807, 2.05) is 62.3 Å². The van der Waals surface area contributed by atoms with E-state index in [0.717, 1.165) is 23.4 Å². The Morgan fingerprint density at radius 1 is 1.20 bits per heavy atom. The maximum absolute atomic E-state index is 13.1. The van der Waals surface area contributed by atoms with E-state index in [1.54, 1.807) is 19.5 Å². The van der Waals surface area contributed by atoms with Crippen LogP contribution < -0.4 is 4.74 Å². The number of pyridine rings is 1. The Morgan fingerprint density at radius 2 is 2.00 bits per heavy atom. The Kier molecular flexibility index (Phi) is 6.95. The van der Waals surface area contributed by atoms with Gasteiger partial charge in [0.15, 0.2) is 0 Å². The topological polar surface area (TPSA) is 45.7 Å². The van der Waals surface area contributed by atoms with Gasteiger partial charge in [0.25, 0.3) is 0 Å². The van der Waals surface area contributed by atoms with Crippen molar-refractivity contribution in [3.05, 3.63) is 59.9 Å². The predicted molar refractivity (Wildman–Crippen MR) is 99.6 cm³/mol. The Labute approximate surface area is 150 Å². The minimum absolute atomic E-state index is 0.109. The highest BCUT2D eigenvalue weighted by atomic mass is 16.5. The molecule has 0 aliphatic carbocycles. The first-order chi connectivity index (χ1) is 12.0. The average molecular weight is 341 g/mol. The zero-order chi connectivity index (χ0) is 18.2. The first kappa shape index (κ1) is 18.9. The number of methoxy groups -OCH3 is 1. The second kappa shape index (κ2) is 9.18. The molecule has 0 bridgehead atoms. The average Bonchev–Trinajstić information content (AvgIpc) is 2.64. The first-order valence-electron chi connectivity index (χ1n) is 8.47. The molecular formula is C20H27N3O2. The molecule has 5 heteroatoms. The maximum atomic E-state index is 13.1. The van der Waals surface area contributed by atoms with Crippen molar-refractivity contribution < 1.29 is 9.53 Å². The van der Waals surface area contributed by atoms with Crippen LogP contribution in [0.2, 0.25) is 0 Å². The molecule has 0 aliphatic rings. The third kappa shape index (κ3) is 5.57. The molecule has 1 amide bonds. The molecule has 0 radical (unpaired) electrons. The first-order valence-corrected chi connectivity index (χ1v) is 8.47. The number of aromatic nitrogens is 1. The summed E-state index contributed by atoms with van der Waals surface area (Å²) in [6.07, 6.45) is 3.49. The summed E-state index contributed by atoms with van der Waals surface area (Å²) in [4.78, 5) is 21.2. The molecule has 0 saturated heterocycles. The van der Waals surface area contributed by atoms with Crippen LogP contribution in [-0.2, 0) is 11.3 Å². The van der Waals surface area contributed by atoms with Crippen molar-refractivity contribution >= 4 is 5.91 Å². The lowest BCUT2D eigenvalue weighted by atomic mass is 10.0. The van der Waals surface area contributed by atoms with Gasteiger partial charge in [0.05, 0.1) is 13.0 Å². The summed E-state index contributed by atoms with van der Waals surface area (Å²) < 4.78 is 5.29. The van der Waals surface area contributed by atoms with Crippen LogP contribution in [0, 0.1) is 0 Å². The molecule has 1 heterocycles. The normalized spacial score (nSPS) is 12.0. The van der Waals surface area contributed by atoms with E-state index in [0.29, 0.717) is 13.1 Å². The van der Waals surface area contributed by atoms with E-state index in [-0.39, 0.29) is 11.8 Å². The number of likely N-dealkylation sites (N-methyl/N-ethyl adjacent to an activating group) is 1. The molecule has 0 aliphatic heterocycles. The Morgan fingerprint density at radius 3 is 2.64 bits per heavy atom. The van der Waals surface area contributed by atoms with Crippen LogP contribution in [0.25, 0.3) is 0 Å². The summed E-state index contributed by atoms with van der Waals surface area (Å²) in [5.74, 6) is 0.692. The highest BCUT2D eigenvalue weighted by Crippen LogP contribution is 2.20. The highest BCUT2D eigenvalue weighted by Gasteiger charge is 2.22. The lowest BCUT2D eigenvalue weighted by Crippen LogP contribution is -2.38. The molecule has 2 aromatic rings. The molecule has 0 spiro atoms. The summed E-state index contributed by atoms with van der Waals surface area (Å²) in [7, 11) is 5.68. The van der Waals surface area contributed by atoms with Crippen molar-refractivity contribution in [1.29, 1.82) is 0 Å². The van der Waals surface area contributed by atoms with Gasteiger partial charge >= 0.3 is 0 Å². The number of rotatable bonds is 8. The quantitative estimate of drug-likeness (QED) is 0.741. The number of nitrogens with zero attached hydrogens (tertiary/aromatic N) is 3. The van der Waals surface area contributed by atoms with Gasteiger partial charge in [-0.2, -0.15) is 0 Å². The van der Waals surface area contributed by atoms with Crippen LogP contribution in [0.4, 0.5) is 0 Å². The van der Waals surface area contributed by atoms with Gasteiger partial charge in [0.1, 0.15) is 5.75 Å². The van der Waals surface area contributed by atoms with E-state index in [2.05, 4.69) is 9.88 Å². The fourth-order valence-electron chi connectivity index (χ4n) is 2.63. The van der Waals surface area contributed by atoms with Crippen LogP contribution in [-0.4, -0.2) is 55.0 Å². The Hall–Kier alpha value is -2.40. The number of ether oxygens (including phenoxy) is 1. The van der Waals surface area contributed by atoms with Gasteiger partial charge in [0.2, 0.25) is 5.91 Å². The number of hydrogen-bond acceptors (Lipinski definition) is 4. The molecule has 1 aromatic heterocycles. The molecule has 0 N–H and O–H groups in total. The minimum Gasteiger partial charge on any atom is -0.497 e. The van der Waals surface area contributed by atoms with Crippen molar-refractivity contribution in [3.8, 4) is 5.75 Å². The largest absolute Gasteiger partial charge is 0.497 e.